The van der Waals surface area contributed by atoms with Crippen LogP contribution in [0, 0.1) is 6.92 Å². The van der Waals surface area contributed by atoms with Crippen LogP contribution in [0.3, 0.4) is 0 Å². The minimum absolute atomic E-state index is 0.417. The number of rotatable bonds is 2. The number of benzene rings is 1. The van der Waals surface area contributed by atoms with Gasteiger partial charge in [-0.1, -0.05) is 41.9 Å². The molecule has 0 aliphatic carbocycles. The Morgan fingerprint density at radius 1 is 1.11 bits per heavy atom. The summed E-state index contributed by atoms with van der Waals surface area (Å²) in [5.74, 6) is 0.936. The predicted molar refractivity (Wildman–Crippen MR) is 72.6 cm³/mol. The van der Waals surface area contributed by atoms with Crippen molar-refractivity contribution >= 4 is 11.6 Å². The van der Waals surface area contributed by atoms with E-state index in [1.165, 1.54) is 6.33 Å². The normalized spacial score (nSPS) is 10.6. The minimum Gasteiger partial charge on any atom is -0.257 e. The summed E-state index contributed by atoms with van der Waals surface area (Å²) in [5, 5.41) is 6.94. The molecule has 0 aliphatic heterocycles. The maximum absolute atomic E-state index is 6.17. The first kappa shape index (κ1) is 11.8. The maximum Gasteiger partial charge on any atom is 0.199 e. The molecule has 0 saturated carbocycles. The summed E-state index contributed by atoms with van der Waals surface area (Å²) in [6, 6.07) is 9.84. The third-order valence-electron chi connectivity index (χ3n) is 2.76. The third-order valence-corrected chi connectivity index (χ3v) is 3.13. The number of halogens is 1. The number of hydrogen-bond donors (Lipinski definition) is 1. The zero-order valence-electron chi connectivity index (χ0n) is 10.1. The van der Waals surface area contributed by atoms with Gasteiger partial charge in [0.1, 0.15) is 11.5 Å². The smallest absolute Gasteiger partial charge is 0.199 e. The fourth-order valence-corrected chi connectivity index (χ4v) is 1.96. The molecule has 2 aromatic heterocycles. The van der Waals surface area contributed by atoms with Gasteiger partial charge in [-0.05, 0) is 6.92 Å². The first-order chi connectivity index (χ1) is 9.25. The minimum atomic E-state index is 0.417. The summed E-state index contributed by atoms with van der Waals surface area (Å²) < 4.78 is 0. The van der Waals surface area contributed by atoms with Gasteiger partial charge in [-0.3, -0.25) is 5.10 Å². The van der Waals surface area contributed by atoms with Crippen molar-refractivity contribution in [3.05, 3.63) is 47.4 Å². The van der Waals surface area contributed by atoms with Crippen LogP contribution in [-0.2, 0) is 0 Å². The monoisotopic (exact) mass is 271 g/mol. The number of nitrogens with one attached hydrogen (secondary N) is 1. The van der Waals surface area contributed by atoms with Crippen molar-refractivity contribution in [1.29, 1.82) is 0 Å². The van der Waals surface area contributed by atoms with Crippen LogP contribution in [0.15, 0.2) is 36.7 Å². The van der Waals surface area contributed by atoms with E-state index in [-0.39, 0.29) is 0 Å². The Kier molecular flexibility index (Phi) is 2.97. The zero-order chi connectivity index (χ0) is 13.2. The highest BCUT2D eigenvalue weighted by atomic mass is 35.5. The molecule has 0 saturated heterocycles. The lowest BCUT2D eigenvalue weighted by Gasteiger charge is -2.08. The Morgan fingerprint density at radius 2 is 1.89 bits per heavy atom. The Morgan fingerprint density at radius 3 is 2.58 bits per heavy atom. The van der Waals surface area contributed by atoms with Gasteiger partial charge in [0.25, 0.3) is 0 Å². The summed E-state index contributed by atoms with van der Waals surface area (Å²) in [6.07, 6.45) is 1.41. The van der Waals surface area contributed by atoms with Crippen LogP contribution in [-0.4, -0.2) is 25.1 Å². The van der Waals surface area contributed by atoms with E-state index in [1.54, 1.807) is 0 Å². The number of aromatic amines is 1. The van der Waals surface area contributed by atoms with Gasteiger partial charge >= 0.3 is 0 Å². The quantitative estimate of drug-likeness (QED) is 0.728. The Bertz CT molecular complexity index is 695. The van der Waals surface area contributed by atoms with E-state index in [0.29, 0.717) is 16.8 Å². The van der Waals surface area contributed by atoms with Crippen LogP contribution in [0.5, 0.6) is 0 Å². The molecule has 6 heteroatoms. The van der Waals surface area contributed by atoms with E-state index < -0.39 is 0 Å². The van der Waals surface area contributed by atoms with Gasteiger partial charge in [-0.15, -0.1) is 0 Å². The Balaban J connectivity index is 2.20. The van der Waals surface area contributed by atoms with Crippen molar-refractivity contribution in [2.24, 2.45) is 0 Å². The molecule has 0 unspecified atom stereocenters. The van der Waals surface area contributed by atoms with E-state index in [0.717, 1.165) is 16.8 Å². The first-order valence-corrected chi connectivity index (χ1v) is 6.09. The molecule has 0 radical (unpaired) electrons. The van der Waals surface area contributed by atoms with Crippen LogP contribution >= 0.6 is 11.6 Å². The molecule has 0 bridgehead atoms. The SMILES string of the molecule is Cc1c(Cl)nc(-c2ncn[nH]2)nc1-c1ccccc1. The largest absolute Gasteiger partial charge is 0.257 e. The fraction of sp³-hybridized carbons (Fsp3) is 0.0769. The summed E-state index contributed by atoms with van der Waals surface area (Å²) in [6.45, 7) is 1.90. The third kappa shape index (κ3) is 2.20. The van der Waals surface area contributed by atoms with Crippen molar-refractivity contribution in [2.45, 2.75) is 6.92 Å². The van der Waals surface area contributed by atoms with E-state index in [9.17, 15) is 0 Å². The van der Waals surface area contributed by atoms with Gasteiger partial charge in [0.15, 0.2) is 11.6 Å². The van der Waals surface area contributed by atoms with Crippen LogP contribution in [0.25, 0.3) is 22.9 Å². The van der Waals surface area contributed by atoms with Gasteiger partial charge in [0.05, 0.1) is 5.69 Å². The molecule has 1 aromatic carbocycles. The van der Waals surface area contributed by atoms with Gasteiger partial charge in [0, 0.05) is 11.1 Å². The first-order valence-electron chi connectivity index (χ1n) is 5.71. The zero-order valence-corrected chi connectivity index (χ0v) is 10.9. The molecular formula is C13H10ClN5. The standard InChI is InChI=1S/C13H10ClN5/c1-8-10(9-5-3-2-4-6-9)17-13(18-11(8)14)12-15-7-16-19-12/h2-7H,1H3,(H,15,16,19). The van der Waals surface area contributed by atoms with Crippen molar-refractivity contribution in [3.63, 3.8) is 0 Å². The molecule has 5 nitrogen and oxygen atoms in total. The Hall–Kier alpha value is -2.27. The molecular weight excluding hydrogens is 262 g/mol. The molecule has 0 aliphatic rings. The lowest BCUT2D eigenvalue weighted by atomic mass is 10.1. The molecule has 94 valence electrons. The maximum atomic E-state index is 6.17. The predicted octanol–water partition coefficient (Wildman–Crippen LogP) is 2.89. The number of H-pyrrole nitrogens is 1. The van der Waals surface area contributed by atoms with Crippen molar-refractivity contribution in [1.82, 2.24) is 25.1 Å². The lowest BCUT2D eigenvalue weighted by molar-refractivity contribution is 1.05. The van der Waals surface area contributed by atoms with E-state index in [1.807, 2.05) is 37.3 Å². The Labute approximate surface area is 114 Å². The second-order valence-electron chi connectivity index (χ2n) is 4.01. The summed E-state index contributed by atoms with van der Waals surface area (Å²) in [7, 11) is 0. The molecule has 0 amide bonds. The highest BCUT2D eigenvalue weighted by molar-refractivity contribution is 6.30. The number of nitrogens with zero attached hydrogens (tertiary/aromatic N) is 4. The lowest BCUT2D eigenvalue weighted by Crippen LogP contribution is -1.98. The number of hydrogen-bond acceptors (Lipinski definition) is 4. The van der Waals surface area contributed by atoms with Crippen molar-refractivity contribution < 1.29 is 0 Å². The second kappa shape index (κ2) is 4.78. The van der Waals surface area contributed by atoms with Crippen molar-refractivity contribution in [2.75, 3.05) is 0 Å². The second-order valence-corrected chi connectivity index (χ2v) is 4.37. The average Bonchev–Trinajstić information content (AvgIpc) is 2.97. The molecule has 3 rings (SSSR count). The average molecular weight is 272 g/mol. The summed E-state index contributed by atoms with van der Waals surface area (Å²) >= 11 is 6.17. The van der Waals surface area contributed by atoms with E-state index in [2.05, 4.69) is 25.1 Å². The van der Waals surface area contributed by atoms with Crippen LogP contribution in [0.2, 0.25) is 5.15 Å². The van der Waals surface area contributed by atoms with Crippen LogP contribution < -0.4 is 0 Å². The van der Waals surface area contributed by atoms with Crippen LogP contribution in [0.4, 0.5) is 0 Å². The molecule has 0 atom stereocenters. The van der Waals surface area contributed by atoms with Gasteiger partial charge in [0.2, 0.25) is 0 Å². The van der Waals surface area contributed by atoms with Crippen molar-refractivity contribution in [3.8, 4) is 22.9 Å². The van der Waals surface area contributed by atoms with Crippen LogP contribution in [0.1, 0.15) is 5.56 Å². The number of aromatic nitrogens is 5. The molecule has 3 aromatic rings. The van der Waals surface area contributed by atoms with E-state index in [4.69, 9.17) is 11.6 Å². The molecule has 19 heavy (non-hydrogen) atoms. The summed E-state index contributed by atoms with van der Waals surface area (Å²) in [4.78, 5) is 12.8. The summed E-state index contributed by atoms with van der Waals surface area (Å²) in [5.41, 5.74) is 2.63. The highest BCUT2D eigenvalue weighted by Gasteiger charge is 2.13. The molecule has 1 N–H and O–H groups in total. The van der Waals surface area contributed by atoms with E-state index >= 15 is 0 Å². The van der Waals surface area contributed by atoms with Gasteiger partial charge in [-0.2, -0.15) is 5.10 Å². The topological polar surface area (TPSA) is 67.3 Å². The highest BCUT2D eigenvalue weighted by Crippen LogP contribution is 2.27. The van der Waals surface area contributed by atoms with Gasteiger partial charge in [-0.25, -0.2) is 15.0 Å². The fourth-order valence-electron chi connectivity index (χ4n) is 1.79. The molecule has 0 fully saturated rings. The molecule has 2 heterocycles. The van der Waals surface area contributed by atoms with Gasteiger partial charge < -0.3 is 0 Å². The molecule has 0 spiro atoms.